The Morgan fingerprint density at radius 2 is 1.00 bits per heavy atom. The Hall–Kier alpha value is -3.85. The van der Waals surface area contributed by atoms with Crippen LogP contribution in [0.2, 0.25) is 0 Å². The highest BCUT2D eigenvalue weighted by Crippen LogP contribution is 2.30. The van der Waals surface area contributed by atoms with E-state index in [9.17, 15) is 9.90 Å². The Labute approximate surface area is 240 Å². The summed E-state index contributed by atoms with van der Waals surface area (Å²) in [5, 5.41) is 14.7. The van der Waals surface area contributed by atoms with E-state index in [1.54, 1.807) is 0 Å². The molecule has 41 heavy (non-hydrogen) atoms. The molecular formula is C34H35NO6. The summed E-state index contributed by atoms with van der Waals surface area (Å²) in [5.41, 5.74) is 1.83. The Morgan fingerprint density at radius 1 is 0.585 bits per heavy atom. The van der Waals surface area contributed by atoms with E-state index in [0.717, 1.165) is 22.3 Å². The maximum Gasteiger partial charge on any atom is 0.254 e. The second-order valence-corrected chi connectivity index (χ2v) is 10.1. The molecular weight excluding hydrogens is 518 g/mol. The van der Waals surface area contributed by atoms with Gasteiger partial charge in [0.2, 0.25) is 0 Å². The van der Waals surface area contributed by atoms with Crippen LogP contribution < -0.4 is 5.32 Å². The monoisotopic (exact) mass is 553 g/mol. The van der Waals surface area contributed by atoms with Crippen LogP contribution in [0.1, 0.15) is 22.3 Å². The number of ether oxygens (including phenoxy) is 4. The van der Waals surface area contributed by atoms with Gasteiger partial charge in [-0.25, -0.2) is 0 Å². The maximum atomic E-state index is 13.5. The van der Waals surface area contributed by atoms with Crippen LogP contribution in [0.15, 0.2) is 121 Å². The van der Waals surface area contributed by atoms with Crippen molar-refractivity contribution in [2.75, 3.05) is 6.61 Å². The number of aliphatic hydroxyl groups is 1. The van der Waals surface area contributed by atoms with Gasteiger partial charge in [0.15, 0.2) is 11.8 Å². The summed E-state index contributed by atoms with van der Waals surface area (Å²) in [5.74, 6) is -0.496. The van der Waals surface area contributed by atoms with Gasteiger partial charge >= 0.3 is 0 Å². The highest BCUT2D eigenvalue weighted by Gasteiger charge is 2.55. The Bertz CT molecular complexity index is 1340. The zero-order chi connectivity index (χ0) is 28.3. The minimum atomic E-state index is -1.87. The molecule has 0 spiro atoms. The number of hydrogen-bond donors (Lipinski definition) is 2. The van der Waals surface area contributed by atoms with E-state index in [1.807, 2.05) is 121 Å². The molecule has 4 aromatic rings. The Balaban J connectivity index is 1.40. The molecule has 0 saturated carbocycles. The predicted octanol–water partition coefficient (Wildman–Crippen LogP) is 4.78. The average Bonchev–Trinajstić information content (AvgIpc) is 3.01. The quantitative estimate of drug-likeness (QED) is 0.248. The minimum Gasteiger partial charge on any atom is -0.372 e. The molecule has 4 aromatic carbocycles. The standard InChI is InChI=1S/C34H35NO6/c36-33-31(40-23-28-17-9-3-10-18-28)30(39-22-27-15-7-2-8-16-27)32(41-24-29-19-11-4-12-20-29)34(37,35-33)25-38-21-26-13-5-1-6-14-26/h1-20,30-32,37H,21-25H2,(H,35,36)/t30-,31-,32+,34+/m1/s1. The van der Waals surface area contributed by atoms with Crippen molar-refractivity contribution in [1.82, 2.24) is 5.32 Å². The molecule has 1 fully saturated rings. The van der Waals surface area contributed by atoms with Crippen molar-refractivity contribution in [1.29, 1.82) is 0 Å². The Morgan fingerprint density at radius 3 is 1.49 bits per heavy atom. The van der Waals surface area contributed by atoms with Crippen LogP contribution in [0.5, 0.6) is 0 Å². The minimum absolute atomic E-state index is 0.193. The number of nitrogens with one attached hydrogen (secondary N) is 1. The van der Waals surface area contributed by atoms with Gasteiger partial charge < -0.3 is 29.4 Å². The number of carbonyl (C=O) groups is 1. The smallest absolute Gasteiger partial charge is 0.254 e. The summed E-state index contributed by atoms with van der Waals surface area (Å²) in [6.07, 6.45) is -2.96. The van der Waals surface area contributed by atoms with Gasteiger partial charge in [0.25, 0.3) is 5.91 Å². The van der Waals surface area contributed by atoms with Crippen molar-refractivity contribution in [3.63, 3.8) is 0 Å². The fraction of sp³-hybridized carbons (Fsp3) is 0.265. The van der Waals surface area contributed by atoms with Crippen molar-refractivity contribution < 1.29 is 28.8 Å². The first-order valence-electron chi connectivity index (χ1n) is 13.7. The van der Waals surface area contributed by atoms with E-state index in [2.05, 4.69) is 5.32 Å². The van der Waals surface area contributed by atoms with Gasteiger partial charge in [-0.2, -0.15) is 0 Å². The van der Waals surface area contributed by atoms with Crippen molar-refractivity contribution in [2.45, 2.75) is 50.5 Å². The summed E-state index contributed by atoms with van der Waals surface area (Å²) in [6, 6.07) is 38.6. The fourth-order valence-corrected chi connectivity index (χ4v) is 4.82. The normalized spacial score (nSPS) is 22.3. The maximum absolute atomic E-state index is 13.5. The van der Waals surface area contributed by atoms with Gasteiger partial charge in [0.1, 0.15) is 12.2 Å². The summed E-state index contributed by atoms with van der Waals surface area (Å²) in [7, 11) is 0. The van der Waals surface area contributed by atoms with Crippen LogP contribution in [0.25, 0.3) is 0 Å². The molecule has 2 N–H and O–H groups in total. The zero-order valence-electron chi connectivity index (χ0n) is 22.8. The number of hydrogen-bond acceptors (Lipinski definition) is 6. The van der Waals surface area contributed by atoms with Crippen LogP contribution in [-0.2, 0) is 50.2 Å². The van der Waals surface area contributed by atoms with E-state index in [0.29, 0.717) is 0 Å². The molecule has 1 aliphatic heterocycles. The van der Waals surface area contributed by atoms with Crippen molar-refractivity contribution in [2.24, 2.45) is 0 Å². The van der Waals surface area contributed by atoms with Gasteiger partial charge in [0, 0.05) is 0 Å². The average molecular weight is 554 g/mol. The Kier molecular flexibility index (Phi) is 9.91. The molecule has 0 bridgehead atoms. The summed E-state index contributed by atoms with van der Waals surface area (Å²) in [6.45, 7) is 0.644. The zero-order valence-corrected chi connectivity index (χ0v) is 22.8. The third-order valence-corrected chi connectivity index (χ3v) is 6.93. The van der Waals surface area contributed by atoms with Crippen LogP contribution >= 0.6 is 0 Å². The second-order valence-electron chi connectivity index (χ2n) is 10.1. The molecule has 5 rings (SSSR count). The molecule has 212 valence electrons. The van der Waals surface area contributed by atoms with Crippen LogP contribution in [-0.4, -0.2) is 41.7 Å². The molecule has 1 saturated heterocycles. The van der Waals surface area contributed by atoms with Gasteiger partial charge in [-0.3, -0.25) is 4.79 Å². The van der Waals surface area contributed by atoms with E-state index < -0.39 is 29.9 Å². The third-order valence-electron chi connectivity index (χ3n) is 6.93. The van der Waals surface area contributed by atoms with E-state index in [1.165, 1.54) is 0 Å². The van der Waals surface area contributed by atoms with E-state index >= 15 is 0 Å². The number of rotatable bonds is 13. The summed E-state index contributed by atoms with van der Waals surface area (Å²) in [4.78, 5) is 13.5. The first kappa shape index (κ1) is 28.7. The molecule has 7 nitrogen and oxygen atoms in total. The molecule has 1 aliphatic rings. The number of benzene rings is 4. The molecule has 1 heterocycles. The van der Waals surface area contributed by atoms with Gasteiger partial charge in [-0.15, -0.1) is 0 Å². The van der Waals surface area contributed by atoms with Gasteiger partial charge in [0.05, 0.1) is 33.0 Å². The summed E-state index contributed by atoms with van der Waals surface area (Å²) < 4.78 is 24.8. The SMILES string of the molecule is O=C1N[C@](O)(COCc2ccccc2)[C@@H](OCc2ccccc2)[C@H](OCc2ccccc2)[C@H]1OCc1ccccc1. The first-order chi connectivity index (χ1) is 20.1. The number of piperidine rings is 1. The lowest BCUT2D eigenvalue weighted by molar-refractivity contribution is -0.250. The van der Waals surface area contributed by atoms with E-state index in [4.69, 9.17) is 18.9 Å². The lowest BCUT2D eigenvalue weighted by Crippen LogP contribution is -2.73. The predicted molar refractivity (Wildman–Crippen MR) is 154 cm³/mol. The molecule has 1 amide bonds. The molecule has 0 aromatic heterocycles. The van der Waals surface area contributed by atoms with E-state index in [-0.39, 0.29) is 33.0 Å². The van der Waals surface area contributed by atoms with Crippen molar-refractivity contribution in [3.8, 4) is 0 Å². The molecule has 4 atom stereocenters. The third kappa shape index (κ3) is 7.88. The molecule has 0 radical (unpaired) electrons. The number of amides is 1. The van der Waals surface area contributed by atoms with Gasteiger partial charge in [-0.1, -0.05) is 121 Å². The summed E-state index contributed by atoms with van der Waals surface area (Å²) >= 11 is 0. The van der Waals surface area contributed by atoms with Crippen molar-refractivity contribution >= 4 is 5.91 Å². The van der Waals surface area contributed by atoms with Crippen LogP contribution in [0.4, 0.5) is 0 Å². The lowest BCUT2D eigenvalue weighted by Gasteiger charge is -2.46. The lowest BCUT2D eigenvalue weighted by atomic mass is 9.91. The first-order valence-corrected chi connectivity index (χ1v) is 13.7. The highest BCUT2D eigenvalue weighted by atomic mass is 16.6. The van der Waals surface area contributed by atoms with Crippen molar-refractivity contribution in [3.05, 3.63) is 144 Å². The highest BCUT2D eigenvalue weighted by molar-refractivity contribution is 5.83. The fourth-order valence-electron chi connectivity index (χ4n) is 4.82. The van der Waals surface area contributed by atoms with Crippen LogP contribution in [0.3, 0.4) is 0 Å². The van der Waals surface area contributed by atoms with Gasteiger partial charge in [-0.05, 0) is 22.3 Å². The molecule has 0 unspecified atom stereocenters. The topological polar surface area (TPSA) is 86.3 Å². The second kappa shape index (κ2) is 14.2. The van der Waals surface area contributed by atoms with Crippen LogP contribution in [0, 0.1) is 0 Å². The molecule has 7 heteroatoms. The largest absolute Gasteiger partial charge is 0.372 e. The number of carbonyl (C=O) groups excluding carboxylic acids is 1. The molecule has 0 aliphatic carbocycles.